The third kappa shape index (κ3) is 6.22. The van der Waals surface area contributed by atoms with Crippen molar-refractivity contribution in [1.82, 2.24) is 9.88 Å². The number of carbonyl (C=O) groups excluding carboxylic acids is 1. The highest BCUT2D eigenvalue weighted by Gasteiger charge is 2.46. The summed E-state index contributed by atoms with van der Waals surface area (Å²) < 4.78 is 11.4. The van der Waals surface area contributed by atoms with E-state index in [4.69, 9.17) is 26.8 Å². The van der Waals surface area contributed by atoms with Crippen LogP contribution >= 0.6 is 11.6 Å². The van der Waals surface area contributed by atoms with E-state index in [0.29, 0.717) is 61.7 Å². The van der Waals surface area contributed by atoms with E-state index < -0.39 is 17.8 Å². The minimum Gasteiger partial charge on any atom is -0.391 e. The molecule has 1 saturated heterocycles. The van der Waals surface area contributed by atoms with Crippen LogP contribution in [0.1, 0.15) is 50.2 Å². The number of benzene rings is 1. The van der Waals surface area contributed by atoms with Crippen LogP contribution < -0.4 is 5.73 Å². The van der Waals surface area contributed by atoms with Gasteiger partial charge in [0, 0.05) is 44.0 Å². The second kappa shape index (κ2) is 12.9. The molecule has 1 aromatic carbocycles. The Hall–Kier alpha value is -2.07. The predicted octanol–water partition coefficient (Wildman–Crippen LogP) is 3.29. The third-order valence-electron chi connectivity index (χ3n) is 7.99. The summed E-state index contributed by atoms with van der Waals surface area (Å²) in [7, 11) is 1.66. The van der Waals surface area contributed by atoms with E-state index in [2.05, 4.69) is 24.0 Å². The first kappa shape index (κ1) is 28.9. The van der Waals surface area contributed by atoms with Gasteiger partial charge in [0.2, 0.25) is 5.91 Å². The molecule has 38 heavy (non-hydrogen) atoms. The monoisotopic (exact) mass is 545 g/mol. The number of unbranched alkanes of at least 4 members (excludes halogenated alkanes) is 1. The van der Waals surface area contributed by atoms with Crippen LogP contribution in [-0.4, -0.2) is 77.7 Å². The first-order chi connectivity index (χ1) is 18.3. The molecule has 0 spiro atoms. The van der Waals surface area contributed by atoms with E-state index in [0.717, 1.165) is 24.0 Å². The van der Waals surface area contributed by atoms with E-state index >= 15 is 0 Å². The molecular weight excluding hydrogens is 506 g/mol. The highest BCUT2D eigenvalue weighted by molar-refractivity contribution is 6.32. The van der Waals surface area contributed by atoms with Gasteiger partial charge >= 0.3 is 0 Å². The highest BCUT2D eigenvalue weighted by atomic mass is 35.5. The molecule has 2 aliphatic rings. The lowest BCUT2D eigenvalue weighted by atomic mass is 9.79. The first-order valence-corrected chi connectivity index (χ1v) is 14.0. The van der Waals surface area contributed by atoms with Gasteiger partial charge in [-0.2, -0.15) is 0 Å². The molecular formula is C29H40ClN3O5. The van der Waals surface area contributed by atoms with E-state index in [1.807, 2.05) is 18.2 Å². The molecule has 5 atom stereocenters. The number of aliphatic hydroxyl groups is 2. The summed E-state index contributed by atoms with van der Waals surface area (Å²) in [4.78, 5) is 19.5. The van der Waals surface area contributed by atoms with Crippen LogP contribution in [0, 0.1) is 5.92 Å². The minimum absolute atomic E-state index is 0.0457. The molecule has 2 fully saturated rings. The van der Waals surface area contributed by atoms with E-state index in [1.165, 1.54) is 0 Å². The zero-order chi connectivity index (χ0) is 27.3. The molecule has 8 nitrogen and oxygen atoms in total. The van der Waals surface area contributed by atoms with Crippen molar-refractivity contribution in [3.63, 3.8) is 0 Å². The molecule has 1 aromatic heterocycles. The van der Waals surface area contributed by atoms with Crippen LogP contribution in [0.15, 0.2) is 36.5 Å². The van der Waals surface area contributed by atoms with Crippen molar-refractivity contribution in [3.05, 3.63) is 52.8 Å². The van der Waals surface area contributed by atoms with Gasteiger partial charge < -0.3 is 30.3 Å². The van der Waals surface area contributed by atoms with Crippen LogP contribution in [0.2, 0.25) is 5.15 Å². The zero-order valence-electron chi connectivity index (χ0n) is 22.3. The lowest BCUT2D eigenvalue weighted by molar-refractivity contribution is -0.167. The molecule has 1 aliphatic heterocycles. The number of nitrogens with zero attached hydrogens (tertiary/aromatic N) is 2. The van der Waals surface area contributed by atoms with E-state index in [-0.39, 0.29) is 24.4 Å². The van der Waals surface area contributed by atoms with Gasteiger partial charge in [-0.1, -0.05) is 42.8 Å². The fourth-order valence-electron chi connectivity index (χ4n) is 5.77. The van der Waals surface area contributed by atoms with Crippen LogP contribution in [0.5, 0.6) is 0 Å². The minimum atomic E-state index is -1.43. The van der Waals surface area contributed by atoms with E-state index in [9.17, 15) is 15.0 Å². The van der Waals surface area contributed by atoms with Gasteiger partial charge in [-0.25, -0.2) is 4.98 Å². The molecule has 208 valence electrons. The number of pyridine rings is 1. The summed E-state index contributed by atoms with van der Waals surface area (Å²) in [6.45, 7) is 3.64. The number of nitrogens with two attached hydrogens (primary N) is 1. The van der Waals surface area contributed by atoms with Gasteiger partial charge in [0.25, 0.3) is 0 Å². The number of aryl methyl sites for hydroxylation is 1. The molecule has 4 N–H and O–H groups in total. The molecule has 0 bridgehead atoms. The molecule has 0 unspecified atom stereocenters. The average molecular weight is 546 g/mol. The van der Waals surface area contributed by atoms with Crippen molar-refractivity contribution in [2.45, 2.75) is 69.3 Å². The molecule has 2 heterocycles. The van der Waals surface area contributed by atoms with Gasteiger partial charge in [0.15, 0.2) is 0 Å². The van der Waals surface area contributed by atoms with Crippen LogP contribution in [0.25, 0.3) is 11.1 Å². The van der Waals surface area contributed by atoms with Crippen molar-refractivity contribution < 1.29 is 24.5 Å². The topological polar surface area (TPSA) is 118 Å². The molecule has 2 aromatic rings. The highest BCUT2D eigenvalue weighted by Crippen LogP contribution is 2.42. The lowest BCUT2D eigenvalue weighted by Crippen LogP contribution is -2.55. The lowest BCUT2D eigenvalue weighted by Gasteiger charge is -2.43. The number of aromatic nitrogens is 1. The molecule has 1 saturated carbocycles. The quantitative estimate of drug-likeness (QED) is 0.310. The number of hydrogen-bond acceptors (Lipinski definition) is 7. The van der Waals surface area contributed by atoms with E-state index in [1.54, 1.807) is 18.2 Å². The number of aliphatic hydroxyl groups excluding tert-OH is 1. The van der Waals surface area contributed by atoms with Gasteiger partial charge in [-0.15, -0.1) is 0 Å². The number of methoxy groups -OCH3 is 1. The maximum absolute atomic E-state index is 13.4. The summed E-state index contributed by atoms with van der Waals surface area (Å²) in [5.41, 5.74) is 7.90. The summed E-state index contributed by atoms with van der Waals surface area (Å²) >= 11 is 6.70. The maximum atomic E-state index is 13.4. The van der Waals surface area contributed by atoms with Gasteiger partial charge in [0.05, 0.1) is 19.3 Å². The summed E-state index contributed by atoms with van der Waals surface area (Å²) in [6, 6.07) is 9.51. The van der Waals surface area contributed by atoms with Crippen molar-refractivity contribution >= 4 is 17.5 Å². The fourth-order valence-corrected chi connectivity index (χ4v) is 6.04. The molecule has 4 rings (SSSR count). The summed E-state index contributed by atoms with van der Waals surface area (Å²) in [6.07, 6.45) is 3.82. The van der Waals surface area contributed by atoms with Gasteiger partial charge in [-0.3, -0.25) is 4.79 Å². The number of rotatable bonds is 10. The second-order valence-electron chi connectivity index (χ2n) is 10.5. The Morgan fingerprint density at radius 3 is 2.84 bits per heavy atom. The van der Waals surface area contributed by atoms with Gasteiger partial charge in [0.1, 0.15) is 16.9 Å². The molecule has 0 radical (unpaired) electrons. The normalized spacial score (nSPS) is 25.4. The fraction of sp³-hybridized carbons (Fsp3) is 0.586. The van der Waals surface area contributed by atoms with Crippen molar-refractivity contribution in [2.24, 2.45) is 11.7 Å². The largest absolute Gasteiger partial charge is 0.391 e. The predicted molar refractivity (Wildman–Crippen MR) is 147 cm³/mol. The van der Waals surface area contributed by atoms with Crippen molar-refractivity contribution in [1.29, 1.82) is 0 Å². The Bertz CT molecular complexity index is 1090. The third-order valence-corrected chi connectivity index (χ3v) is 8.27. The SMILES string of the molecule is CCc1cccc(-c2c([C@](O)(CCCCOC)[C@H]3CN(C(=O)[C@H]4C[C@@H](N)[C@@H](O)C4)CCO3)ccnc2Cl)c1. The number of carbonyl (C=O) groups is 1. The standard InChI is InChI=1S/C29H40ClN3O5/c1-3-19-7-6-8-20(15-19)26-22(9-11-32-27(26)30)29(36,10-4-5-13-37-2)25-18-33(12-14-38-25)28(35)21-16-23(31)24(34)17-21/h6-9,11,15,21,23-25,34,36H,3-5,10,12-14,16-18,31H2,1-2H3/t21-,23+,24-,25+,29+/m0/s1. The van der Waals surface area contributed by atoms with Crippen LogP contribution in [-0.2, 0) is 26.3 Å². The van der Waals surface area contributed by atoms with Crippen LogP contribution in [0.4, 0.5) is 0 Å². The Kier molecular flexibility index (Phi) is 9.79. The summed E-state index contributed by atoms with van der Waals surface area (Å²) in [5, 5.41) is 22.9. The first-order valence-electron chi connectivity index (χ1n) is 13.6. The Morgan fingerprint density at radius 2 is 2.13 bits per heavy atom. The number of hydrogen-bond donors (Lipinski definition) is 3. The Balaban J connectivity index is 1.69. The summed E-state index contributed by atoms with van der Waals surface area (Å²) in [5.74, 6) is -0.369. The molecule has 9 heteroatoms. The number of amides is 1. The second-order valence-corrected chi connectivity index (χ2v) is 10.9. The Morgan fingerprint density at radius 1 is 1.32 bits per heavy atom. The van der Waals surface area contributed by atoms with Gasteiger partial charge in [-0.05, 0) is 61.3 Å². The maximum Gasteiger partial charge on any atom is 0.226 e. The van der Waals surface area contributed by atoms with Crippen LogP contribution in [0.3, 0.4) is 0 Å². The Labute approximate surface area is 230 Å². The average Bonchev–Trinajstić information content (AvgIpc) is 3.28. The molecule has 1 amide bonds. The smallest absolute Gasteiger partial charge is 0.226 e. The zero-order valence-corrected chi connectivity index (χ0v) is 23.1. The molecule has 1 aliphatic carbocycles. The van der Waals surface area contributed by atoms with Crippen molar-refractivity contribution in [3.8, 4) is 11.1 Å². The van der Waals surface area contributed by atoms with Crippen molar-refractivity contribution in [2.75, 3.05) is 33.4 Å². The number of ether oxygens (including phenoxy) is 2. The number of halogens is 1. The number of morpholine rings is 1.